The molecule has 2 aliphatic heterocycles. The molecule has 2 fully saturated rings. The van der Waals surface area contributed by atoms with Gasteiger partial charge in [-0.2, -0.15) is 0 Å². The quantitative estimate of drug-likeness (QED) is 0.672. The number of aryl methyl sites for hydroxylation is 1. The van der Waals surface area contributed by atoms with Gasteiger partial charge >= 0.3 is 0 Å². The number of nitrogens with zero attached hydrogens (tertiary/aromatic N) is 4. The number of amides is 1. The van der Waals surface area contributed by atoms with Crippen LogP contribution in [0.25, 0.3) is 0 Å². The van der Waals surface area contributed by atoms with Gasteiger partial charge in [0.2, 0.25) is 0 Å². The highest BCUT2D eigenvalue weighted by Crippen LogP contribution is 2.22. The summed E-state index contributed by atoms with van der Waals surface area (Å²) in [5, 5.41) is 3.59. The molecular formula is C27H31N5O. The van der Waals surface area contributed by atoms with Gasteiger partial charge in [-0.3, -0.25) is 4.79 Å². The minimum Gasteiger partial charge on any atom is -0.368 e. The van der Waals surface area contributed by atoms with E-state index < -0.39 is 0 Å². The number of carbonyl (C=O) groups is 1. The minimum atomic E-state index is 0.0698. The highest BCUT2D eigenvalue weighted by atomic mass is 16.2. The molecule has 6 nitrogen and oxygen atoms in total. The number of piperazine rings is 2. The maximum Gasteiger partial charge on any atom is 0.255 e. The molecular weight excluding hydrogens is 410 g/mol. The van der Waals surface area contributed by atoms with Crippen molar-refractivity contribution in [2.45, 2.75) is 13.0 Å². The summed E-state index contributed by atoms with van der Waals surface area (Å²) in [7, 11) is 0. The SMILES string of the molecule is Cc1cccc(N2CCN(C(=O)c3ccc(N4CCN[C@@H](c5ccccc5)C4)nc3)CC2)c1. The van der Waals surface area contributed by atoms with Gasteiger partial charge in [-0.15, -0.1) is 0 Å². The molecule has 33 heavy (non-hydrogen) atoms. The van der Waals surface area contributed by atoms with Crippen LogP contribution in [0.4, 0.5) is 11.5 Å². The van der Waals surface area contributed by atoms with Gasteiger partial charge in [0.05, 0.1) is 5.56 Å². The maximum absolute atomic E-state index is 13.1. The van der Waals surface area contributed by atoms with Gasteiger partial charge in [-0.05, 0) is 42.3 Å². The van der Waals surface area contributed by atoms with Gasteiger partial charge in [0.15, 0.2) is 0 Å². The molecule has 1 atom stereocenters. The lowest BCUT2D eigenvalue weighted by molar-refractivity contribution is 0.0746. The Kier molecular flexibility index (Phi) is 6.26. The Bertz CT molecular complexity index is 1080. The van der Waals surface area contributed by atoms with E-state index in [1.54, 1.807) is 6.20 Å². The molecule has 0 radical (unpaired) electrons. The molecule has 1 amide bonds. The molecule has 3 aromatic rings. The van der Waals surface area contributed by atoms with Crippen LogP contribution in [0.3, 0.4) is 0 Å². The lowest BCUT2D eigenvalue weighted by atomic mass is 10.0. The van der Waals surface area contributed by atoms with E-state index in [1.807, 2.05) is 23.1 Å². The normalized spacial score (nSPS) is 18.9. The van der Waals surface area contributed by atoms with E-state index in [0.29, 0.717) is 5.56 Å². The number of aromatic nitrogens is 1. The van der Waals surface area contributed by atoms with Gasteiger partial charge in [0.25, 0.3) is 5.91 Å². The van der Waals surface area contributed by atoms with E-state index in [4.69, 9.17) is 0 Å². The van der Waals surface area contributed by atoms with Crippen molar-refractivity contribution in [3.8, 4) is 0 Å². The smallest absolute Gasteiger partial charge is 0.255 e. The molecule has 0 unspecified atom stereocenters. The fourth-order valence-electron chi connectivity index (χ4n) is 4.74. The number of benzene rings is 2. The van der Waals surface area contributed by atoms with Crippen molar-refractivity contribution < 1.29 is 4.79 Å². The number of carbonyl (C=O) groups excluding carboxylic acids is 1. The van der Waals surface area contributed by atoms with E-state index in [-0.39, 0.29) is 11.9 Å². The number of rotatable bonds is 4. The molecule has 0 bridgehead atoms. The van der Waals surface area contributed by atoms with Crippen molar-refractivity contribution in [1.29, 1.82) is 0 Å². The number of anilines is 2. The van der Waals surface area contributed by atoms with Crippen molar-refractivity contribution in [2.75, 3.05) is 55.6 Å². The first-order valence-corrected chi connectivity index (χ1v) is 11.8. The average molecular weight is 442 g/mol. The molecule has 0 spiro atoms. The lowest BCUT2D eigenvalue weighted by Gasteiger charge is -2.36. The Hall–Kier alpha value is -3.38. The van der Waals surface area contributed by atoms with Crippen molar-refractivity contribution in [3.63, 3.8) is 0 Å². The first-order chi connectivity index (χ1) is 16.2. The maximum atomic E-state index is 13.1. The third-order valence-electron chi connectivity index (χ3n) is 6.63. The molecule has 2 aromatic carbocycles. The summed E-state index contributed by atoms with van der Waals surface area (Å²) in [5.74, 6) is 0.999. The van der Waals surface area contributed by atoms with Crippen LogP contribution in [0, 0.1) is 6.92 Å². The zero-order chi connectivity index (χ0) is 22.6. The molecule has 2 aliphatic rings. The predicted octanol–water partition coefficient (Wildman–Crippen LogP) is 3.50. The monoisotopic (exact) mass is 441 g/mol. The van der Waals surface area contributed by atoms with E-state index in [0.717, 1.165) is 51.6 Å². The fraction of sp³-hybridized carbons (Fsp3) is 0.333. The van der Waals surface area contributed by atoms with Gasteiger partial charge in [-0.25, -0.2) is 4.98 Å². The summed E-state index contributed by atoms with van der Waals surface area (Å²) in [6.45, 7) is 7.95. The molecule has 1 N–H and O–H groups in total. The van der Waals surface area contributed by atoms with E-state index >= 15 is 0 Å². The Morgan fingerprint density at radius 1 is 0.909 bits per heavy atom. The zero-order valence-corrected chi connectivity index (χ0v) is 19.2. The van der Waals surface area contributed by atoms with Gasteiger partial charge in [0, 0.05) is 63.7 Å². The number of pyridine rings is 1. The molecule has 6 heteroatoms. The second kappa shape index (κ2) is 9.63. The Morgan fingerprint density at radius 3 is 2.45 bits per heavy atom. The summed E-state index contributed by atoms with van der Waals surface area (Å²) >= 11 is 0. The van der Waals surface area contributed by atoms with Crippen molar-refractivity contribution in [3.05, 3.63) is 89.6 Å². The molecule has 0 saturated carbocycles. The van der Waals surface area contributed by atoms with Gasteiger partial charge in [-0.1, -0.05) is 42.5 Å². The molecule has 0 aliphatic carbocycles. The summed E-state index contributed by atoms with van der Waals surface area (Å²) in [6, 6.07) is 23.3. The van der Waals surface area contributed by atoms with Crippen LogP contribution >= 0.6 is 0 Å². The fourth-order valence-corrected chi connectivity index (χ4v) is 4.74. The third-order valence-corrected chi connectivity index (χ3v) is 6.63. The summed E-state index contributed by atoms with van der Waals surface area (Å²) in [4.78, 5) is 24.3. The zero-order valence-electron chi connectivity index (χ0n) is 19.2. The van der Waals surface area contributed by atoms with E-state index in [2.05, 4.69) is 75.6 Å². The number of nitrogens with one attached hydrogen (secondary N) is 1. The average Bonchev–Trinajstić information content (AvgIpc) is 2.89. The first-order valence-electron chi connectivity index (χ1n) is 11.8. The highest BCUT2D eigenvalue weighted by molar-refractivity contribution is 5.94. The summed E-state index contributed by atoms with van der Waals surface area (Å²) in [5.41, 5.74) is 4.45. The third kappa shape index (κ3) is 4.86. The van der Waals surface area contributed by atoms with Crippen molar-refractivity contribution >= 4 is 17.4 Å². The molecule has 3 heterocycles. The van der Waals surface area contributed by atoms with Crippen LogP contribution in [0.15, 0.2) is 72.9 Å². The van der Waals surface area contributed by atoms with Crippen LogP contribution in [0.1, 0.15) is 27.5 Å². The summed E-state index contributed by atoms with van der Waals surface area (Å²) < 4.78 is 0. The number of hydrogen-bond donors (Lipinski definition) is 1. The molecule has 5 rings (SSSR count). The Balaban J connectivity index is 1.19. The lowest BCUT2D eigenvalue weighted by Crippen LogP contribution is -2.49. The molecule has 170 valence electrons. The first kappa shape index (κ1) is 21.5. The van der Waals surface area contributed by atoms with Crippen LogP contribution in [0.5, 0.6) is 0 Å². The topological polar surface area (TPSA) is 51.7 Å². The second-order valence-corrected chi connectivity index (χ2v) is 8.89. The van der Waals surface area contributed by atoms with Crippen LogP contribution in [-0.2, 0) is 0 Å². The van der Waals surface area contributed by atoms with Crippen molar-refractivity contribution in [1.82, 2.24) is 15.2 Å². The predicted molar refractivity (Wildman–Crippen MR) is 133 cm³/mol. The standard InChI is InChI=1S/C27H31N5O/c1-21-6-5-9-24(18-21)30-14-16-31(17-15-30)27(33)23-10-11-26(29-19-23)32-13-12-28-25(20-32)22-7-3-2-4-8-22/h2-11,18-19,25,28H,12-17,20H2,1H3/t25-/m1/s1. The molecule has 2 saturated heterocycles. The van der Waals surface area contributed by atoms with Gasteiger partial charge in [0.1, 0.15) is 5.82 Å². The molecule has 1 aromatic heterocycles. The van der Waals surface area contributed by atoms with Crippen LogP contribution < -0.4 is 15.1 Å². The van der Waals surface area contributed by atoms with E-state index in [9.17, 15) is 4.79 Å². The Labute approximate surface area is 195 Å². The second-order valence-electron chi connectivity index (χ2n) is 8.89. The summed E-state index contributed by atoms with van der Waals surface area (Å²) in [6.07, 6.45) is 1.74. The highest BCUT2D eigenvalue weighted by Gasteiger charge is 2.24. The van der Waals surface area contributed by atoms with Gasteiger partial charge < -0.3 is 20.0 Å². The largest absolute Gasteiger partial charge is 0.368 e. The minimum absolute atomic E-state index is 0.0698. The number of hydrogen-bond acceptors (Lipinski definition) is 5. The van der Waals surface area contributed by atoms with E-state index in [1.165, 1.54) is 16.8 Å². The Morgan fingerprint density at radius 2 is 1.73 bits per heavy atom. The van der Waals surface area contributed by atoms with Crippen LogP contribution in [0.2, 0.25) is 0 Å². The van der Waals surface area contributed by atoms with Crippen molar-refractivity contribution in [2.24, 2.45) is 0 Å². The van der Waals surface area contributed by atoms with Crippen LogP contribution in [-0.4, -0.2) is 61.6 Å².